The molecule has 2 atom stereocenters. The lowest BCUT2D eigenvalue weighted by Gasteiger charge is -2.36. The first-order chi connectivity index (χ1) is 16.1. The molecule has 3 fully saturated rings. The monoisotopic (exact) mass is 518 g/mol. The van der Waals surface area contributed by atoms with E-state index in [2.05, 4.69) is 21.9 Å². The number of halogens is 6. The van der Waals surface area contributed by atoms with E-state index >= 15 is 0 Å². The Morgan fingerprint density at radius 1 is 1.03 bits per heavy atom. The Hall–Kier alpha value is -2.32. The SMILES string of the molecule is Cc1ccc(CN2CCN3C[C@H](OCC4CC4)C[C@H]3C2)o1.O=C(O)C(F)(F)F.O=C(O)C(F)(F)F. The maximum atomic E-state index is 10.6. The lowest BCUT2D eigenvalue weighted by molar-refractivity contribution is -0.193. The highest BCUT2D eigenvalue weighted by atomic mass is 19.4. The molecule has 1 aromatic heterocycles. The first-order valence-corrected chi connectivity index (χ1v) is 10.9. The van der Waals surface area contributed by atoms with E-state index in [-0.39, 0.29) is 0 Å². The number of carboxylic acids is 2. The number of aryl methyl sites for hydroxylation is 1. The van der Waals surface area contributed by atoms with Crippen molar-refractivity contribution in [2.45, 2.75) is 57.2 Å². The summed E-state index contributed by atoms with van der Waals surface area (Å²) < 4.78 is 75.3. The average molecular weight is 518 g/mol. The van der Waals surface area contributed by atoms with Crippen LogP contribution in [0.1, 0.15) is 30.8 Å². The van der Waals surface area contributed by atoms with Gasteiger partial charge in [0.2, 0.25) is 0 Å². The van der Waals surface area contributed by atoms with Gasteiger partial charge in [-0.2, -0.15) is 26.3 Å². The molecule has 1 aromatic rings. The fourth-order valence-electron chi connectivity index (χ4n) is 3.67. The average Bonchev–Trinajstić information content (AvgIpc) is 3.34. The predicted octanol–water partition coefficient (Wildman–Crippen LogP) is 3.54. The molecule has 14 heteroatoms. The summed E-state index contributed by atoms with van der Waals surface area (Å²) in [6.07, 6.45) is -5.71. The largest absolute Gasteiger partial charge is 0.490 e. The van der Waals surface area contributed by atoms with Crippen molar-refractivity contribution in [2.24, 2.45) is 5.92 Å². The summed E-state index contributed by atoms with van der Waals surface area (Å²) in [6.45, 7) is 8.58. The van der Waals surface area contributed by atoms with Crippen LogP contribution in [0.2, 0.25) is 0 Å². The van der Waals surface area contributed by atoms with E-state index in [0.29, 0.717) is 12.1 Å². The van der Waals surface area contributed by atoms with Gasteiger partial charge in [0.15, 0.2) is 0 Å². The number of hydrogen-bond acceptors (Lipinski definition) is 6. The summed E-state index contributed by atoms with van der Waals surface area (Å²) in [4.78, 5) is 22.9. The highest BCUT2D eigenvalue weighted by Gasteiger charge is 2.39. The lowest BCUT2D eigenvalue weighted by Crippen LogP contribution is -2.49. The van der Waals surface area contributed by atoms with Crippen LogP contribution in [-0.2, 0) is 20.9 Å². The molecule has 0 unspecified atom stereocenters. The van der Waals surface area contributed by atoms with E-state index in [0.717, 1.165) is 50.2 Å². The molecule has 0 spiro atoms. The number of hydrogen-bond donors (Lipinski definition) is 2. The van der Waals surface area contributed by atoms with Crippen LogP contribution >= 0.6 is 0 Å². The zero-order valence-electron chi connectivity index (χ0n) is 18.9. The van der Waals surface area contributed by atoms with Crippen LogP contribution in [0.3, 0.4) is 0 Å². The summed E-state index contributed by atoms with van der Waals surface area (Å²) in [5.74, 6) is -2.53. The standard InChI is InChI=1S/C17H26N2O2.2C2HF3O2/c1-13-2-5-16(21-13)10-18-6-7-19-11-17(8-15(19)9-18)20-12-14-3-4-14;2*3-2(4,5)1(6)7/h2,5,14-15,17H,3-4,6-12H2,1H3;2*(H,6,7)/t15-,17+;;/m0../s1. The van der Waals surface area contributed by atoms with Crippen LogP contribution in [0.4, 0.5) is 26.3 Å². The highest BCUT2D eigenvalue weighted by molar-refractivity contribution is 5.73. The van der Waals surface area contributed by atoms with Gasteiger partial charge in [0.25, 0.3) is 0 Å². The molecule has 1 saturated carbocycles. The molecule has 3 heterocycles. The van der Waals surface area contributed by atoms with Gasteiger partial charge in [0, 0.05) is 38.8 Å². The zero-order valence-corrected chi connectivity index (χ0v) is 18.9. The summed E-state index contributed by atoms with van der Waals surface area (Å²) >= 11 is 0. The fourth-order valence-corrected chi connectivity index (χ4v) is 3.67. The lowest BCUT2D eigenvalue weighted by atomic mass is 10.1. The van der Waals surface area contributed by atoms with E-state index in [1.165, 1.54) is 25.8 Å². The maximum absolute atomic E-state index is 10.6. The van der Waals surface area contributed by atoms with Gasteiger partial charge in [0.05, 0.1) is 12.6 Å². The van der Waals surface area contributed by atoms with Gasteiger partial charge >= 0.3 is 24.3 Å². The molecule has 0 bridgehead atoms. The van der Waals surface area contributed by atoms with Gasteiger partial charge in [0.1, 0.15) is 11.5 Å². The summed E-state index contributed by atoms with van der Waals surface area (Å²) in [7, 11) is 0. The molecular formula is C21H28F6N2O6. The first-order valence-electron chi connectivity index (χ1n) is 10.9. The van der Waals surface area contributed by atoms with Crippen LogP contribution < -0.4 is 0 Å². The second-order valence-electron chi connectivity index (χ2n) is 8.64. The number of furan rings is 1. The Morgan fingerprint density at radius 2 is 1.60 bits per heavy atom. The second kappa shape index (κ2) is 12.1. The minimum atomic E-state index is -5.08. The van der Waals surface area contributed by atoms with E-state index in [1.807, 2.05) is 6.92 Å². The van der Waals surface area contributed by atoms with Crippen molar-refractivity contribution in [3.05, 3.63) is 23.7 Å². The molecule has 0 radical (unpaired) electrons. The zero-order chi connectivity index (χ0) is 26.4. The van der Waals surface area contributed by atoms with Gasteiger partial charge in [-0.1, -0.05) is 0 Å². The normalized spacial score (nSPS) is 22.9. The number of ether oxygens (including phenoxy) is 1. The molecule has 1 aliphatic carbocycles. The number of alkyl halides is 6. The smallest absolute Gasteiger partial charge is 0.475 e. The van der Waals surface area contributed by atoms with Gasteiger partial charge < -0.3 is 19.4 Å². The summed E-state index contributed by atoms with van der Waals surface area (Å²) in [6, 6.07) is 4.85. The van der Waals surface area contributed by atoms with Gasteiger partial charge in [-0.3, -0.25) is 9.80 Å². The Morgan fingerprint density at radius 3 is 2.06 bits per heavy atom. The molecule has 200 valence electrons. The van der Waals surface area contributed by atoms with E-state index in [1.54, 1.807) is 0 Å². The van der Waals surface area contributed by atoms with Gasteiger partial charge in [-0.25, -0.2) is 9.59 Å². The molecule has 2 saturated heterocycles. The quantitative estimate of drug-likeness (QED) is 0.571. The predicted molar refractivity (Wildman–Crippen MR) is 109 cm³/mol. The molecule has 8 nitrogen and oxygen atoms in total. The summed E-state index contributed by atoms with van der Waals surface area (Å²) in [5, 5.41) is 14.2. The second-order valence-corrected chi connectivity index (χ2v) is 8.64. The number of carboxylic acid groups (broad SMARTS) is 2. The third-order valence-electron chi connectivity index (χ3n) is 5.59. The minimum absolute atomic E-state index is 0.474. The molecule has 2 aliphatic heterocycles. The maximum Gasteiger partial charge on any atom is 0.490 e. The van der Waals surface area contributed by atoms with Crippen LogP contribution in [0.25, 0.3) is 0 Å². The number of nitrogens with zero attached hydrogens (tertiary/aromatic N) is 2. The summed E-state index contributed by atoms with van der Waals surface area (Å²) in [5.41, 5.74) is 0. The van der Waals surface area contributed by atoms with E-state index in [4.69, 9.17) is 29.0 Å². The van der Waals surface area contributed by atoms with Crippen molar-refractivity contribution in [3.8, 4) is 0 Å². The molecule has 0 amide bonds. The van der Waals surface area contributed by atoms with Crippen LogP contribution in [0.15, 0.2) is 16.5 Å². The number of carbonyl (C=O) groups is 2. The van der Waals surface area contributed by atoms with Crippen molar-refractivity contribution >= 4 is 11.9 Å². The van der Waals surface area contributed by atoms with Crippen molar-refractivity contribution in [1.82, 2.24) is 9.80 Å². The Bertz CT molecular complexity index is 815. The Balaban J connectivity index is 0.000000257. The number of aliphatic carboxylic acids is 2. The van der Waals surface area contributed by atoms with Crippen LogP contribution in [-0.4, -0.2) is 89.2 Å². The third kappa shape index (κ3) is 10.4. The van der Waals surface area contributed by atoms with Crippen molar-refractivity contribution in [3.63, 3.8) is 0 Å². The molecule has 35 heavy (non-hydrogen) atoms. The first kappa shape index (κ1) is 28.9. The topological polar surface area (TPSA) is 103 Å². The molecular weight excluding hydrogens is 490 g/mol. The highest BCUT2D eigenvalue weighted by Crippen LogP contribution is 2.31. The Kier molecular flexibility index (Phi) is 9.98. The fraction of sp³-hybridized carbons (Fsp3) is 0.714. The van der Waals surface area contributed by atoms with Gasteiger partial charge in [-0.15, -0.1) is 0 Å². The van der Waals surface area contributed by atoms with Crippen LogP contribution in [0.5, 0.6) is 0 Å². The number of rotatable bonds is 5. The number of fused-ring (bicyclic) bond motifs is 1. The van der Waals surface area contributed by atoms with Crippen molar-refractivity contribution in [2.75, 3.05) is 32.8 Å². The van der Waals surface area contributed by atoms with E-state index in [9.17, 15) is 26.3 Å². The molecule has 2 N–H and O–H groups in total. The van der Waals surface area contributed by atoms with Crippen molar-refractivity contribution in [1.29, 1.82) is 0 Å². The number of piperazine rings is 1. The van der Waals surface area contributed by atoms with Gasteiger partial charge in [-0.05, 0) is 44.2 Å². The van der Waals surface area contributed by atoms with Crippen LogP contribution in [0, 0.1) is 12.8 Å². The van der Waals surface area contributed by atoms with E-state index < -0.39 is 24.3 Å². The molecule has 4 rings (SSSR count). The Labute approximate surface area is 197 Å². The molecule has 3 aliphatic rings. The molecule has 0 aromatic carbocycles. The van der Waals surface area contributed by atoms with Crippen molar-refractivity contribution < 1.29 is 55.3 Å². The third-order valence-corrected chi connectivity index (χ3v) is 5.59. The minimum Gasteiger partial charge on any atom is -0.475 e.